The van der Waals surface area contributed by atoms with E-state index in [2.05, 4.69) is 25.1 Å². The third-order valence-corrected chi connectivity index (χ3v) is 5.14. The molecule has 1 saturated heterocycles. The second-order valence-electron chi connectivity index (χ2n) is 7.15. The fourth-order valence-corrected chi connectivity index (χ4v) is 3.56. The summed E-state index contributed by atoms with van der Waals surface area (Å²) in [5.74, 6) is -1.67. The lowest BCUT2D eigenvalue weighted by molar-refractivity contribution is -0.0881. The summed E-state index contributed by atoms with van der Waals surface area (Å²) in [6.45, 7) is 14.5. The summed E-state index contributed by atoms with van der Waals surface area (Å²) in [6.07, 6.45) is -1.57. The number of alkyl halides is 3. The van der Waals surface area contributed by atoms with Gasteiger partial charge in [0, 0.05) is 24.7 Å². The summed E-state index contributed by atoms with van der Waals surface area (Å²) >= 11 is 0. The highest BCUT2D eigenvalue weighted by molar-refractivity contribution is 5.40. The maximum atomic E-state index is 13.9. The lowest BCUT2D eigenvalue weighted by atomic mass is 9.72. The molecule has 0 spiro atoms. The largest absolute Gasteiger partial charge is 0.416 e. The van der Waals surface area contributed by atoms with Crippen molar-refractivity contribution in [2.75, 3.05) is 7.05 Å². The number of halogens is 5. The first-order valence-corrected chi connectivity index (χ1v) is 8.75. The zero-order valence-corrected chi connectivity index (χ0v) is 16.5. The average molecular weight is 410 g/mol. The van der Waals surface area contributed by atoms with Crippen LogP contribution in [0, 0.1) is 17.6 Å². The molecule has 1 unspecified atom stereocenters. The van der Waals surface area contributed by atoms with E-state index >= 15 is 0 Å². The van der Waals surface area contributed by atoms with Crippen LogP contribution in [0.25, 0.3) is 0 Å². The molecule has 2 rings (SSSR count). The number of benzene rings is 1. The van der Waals surface area contributed by atoms with E-state index in [4.69, 9.17) is 0 Å². The topological polar surface area (TPSA) is 15.3 Å². The van der Waals surface area contributed by atoms with Gasteiger partial charge in [0.2, 0.25) is 0 Å². The molecule has 156 valence electrons. The number of nitrogens with one attached hydrogen (secondary N) is 1. The van der Waals surface area contributed by atoms with E-state index in [-0.39, 0.29) is 5.56 Å². The SMILES string of the molecule is C=C/C(=C\C=C(/C)C1C(=C)N(C)C(=C)N[C@]1(C)c1cc(F)cc(F)c1)C(F)(F)F. The minimum atomic E-state index is -4.54. The van der Waals surface area contributed by atoms with Gasteiger partial charge in [-0.15, -0.1) is 0 Å². The molecule has 1 aliphatic rings. The van der Waals surface area contributed by atoms with Gasteiger partial charge < -0.3 is 10.2 Å². The lowest BCUT2D eigenvalue weighted by Crippen LogP contribution is -2.55. The van der Waals surface area contributed by atoms with Gasteiger partial charge >= 0.3 is 6.18 Å². The van der Waals surface area contributed by atoms with Gasteiger partial charge in [0.15, 0.2) is 0 Å². The standard InChI is InChI=1S/C22H23F5N2/c1-7-16(22(25,26)27)9-8-13(2)20-14(3)29(6)15(4)28-21(20,5)17-10-18(23)12-19(24)11-17/h7-12,20,28H,1,3-4H2,2,5-6H3/b13-8+,16-9+/t20?,21-/m1/s1. The fourth-order valence-electron chi connectivity index (χ4n) is 3.56. The van der Waals surface area contributed by atoms with Crippen molar-refractivity contribution in [2.45, 2.75) is 25.6 Å². The molecule has 1 fully saturated rings. The Bertz CT molecular complexity index is 890. The third-order valence-electron chi connectivity index (χ3n) is 5.14. The molecular formula is C22H23F5N2. The first-order valence-electron chi connectivity index (χ1n) is 8.75. The van der Waals surface area contributed by atoms with Crippen LogP contribution in [0.4, 0.5) is 22.0 Å². The van der Waals surface area contributed by atoms with E-state index in [1.165, 1.54) is 18.2 Å². The maximum Gasteiger partial charge on any atom is 0.416 e. The molecule has 1 aliphatic heterocycles. The van der Waals surface area contributed by atoms with Crippen molar-refractivity contribution >= 4 is 0 Å². The molecule has 0 amide bonds. The van der Waals surface area contributed by atoms with Crippen LogP contribution in [0.3, 0.4) is 0 Å². The lowest BCUT2D eigenvalue weighted by Gasteiger charge is -2.50. The maximum absolute atomic E-state index is 13.9. The van der Waals surface area contributed by atoms with E-state index in [9.17, 15) is 22.0 Å². The Labute approximate surface area is 167 Å². The van der Waals surface area contributed by atoms with Crippen molar-refractivity contribution in [3.63, 3.8) is 0 Å². The van der Waals surface area contributed by atoms with E-state index in [1.54, 1.807) is 25.8 Å². The van der Waals surface area contributed by atoms with Gasteiger partial charge in [-0.2, -0.15) is 13.2 Å². The Morgan fingerprint density at radius 3 is 2.17 bits per heavy atom. The van der Waals surface area contributed by atoms with Gasteiger partial charge in [-0.1, -0.05) is 43.5 Å². The summed E-state index contributed by atoms with van der Waals surface area (Å²) < 4.78 is 66.8. The van der Waals surface area contributed by atoms with Gasteiger partial charge in [0.05, 0.1) is 16.9 Å². The van der Waals surface area contributed by atoms with Crippen molar-refractivity contribution < 1.29 is 22.0 Å². The van der Waals surface area contributed by atoms with Crippen molar-refractivity contribution in [1.29, 1.82) is 0 Å². The van der Waals surface area contributed by atoms with E-state index < -0.39 is 34.8 Å². The van der Waals surface area contributed by atoms with Crippen LogP contribution in [0.2, 0.25) is 0 Å². The number of rotatable bonds is 4. The molecule has 2 atom stereocenters. The molecule has 0 saturated carbocycles. The predicted octanol–water partition coefficient (Wildman–Crippen LogP) is 5.94. The van der Waals surface area contributed by atoms with Gasteiger partial charge in [0.25, 0.3) is 0 Å². The predicted molar refractivity (Wildman–Crippen MR) is 104 cm³/mol. The van der Waals surface area contributed by atoms with Crippen molar-refractivity contribution in [3.05, 3.63) is 96.0 Å². The smallest absolute Gasteiger partial charge is 0.362 e. The summed E-state index contributed by atoms with van der Waals surface area (Å²) in [7, 11) is 1.70. The second-order valence-corrected chi connectivity index (χ2v) is 7.15. The van der Waals surface area contributed by atoms with Crippen molar-refractivity contribution in [3.8, 4) is 0 Å². The van der Waals surface area contributed by atoms with E-state index in [0.717, 1.165) is 18.2 Å². The molecule has 0 radical (unpaired) electrons. The molecule has 0 aromatic heterocycles. The molecule has 0 aliphatic carbocycles. The quantitative estimate of drug-likeness (QED) is 0.488. The molecule has 1 aromatic rings. The van der Waals surface area contributed by atoms with Crippen molar-refractivity contribution in [2.24, 2.45) is 5.92 Å². The first-order chi connectivity index (χ1) is 13.3. The van der Waals surface area contributed by atoms with Crippen LogP contribution in [0.1, 0.15) is 19.4 Å². The van der Waals surface area contributed by atoms with Crippen LogP contribution < -0.4 is 5.32 Å². The number of allylic oxidation sites excluding steroid dienone is 4. The zero-order valence-electron chi connectivity index (χ0n) is 16.5. The van der Waals surface area contributed by atoms with Crippen LogP contribution in [-0.2, 0) is 5.54 Å². The van der Waals surface area contributed by atoms with Gasteiger partial charge in [-0.05, 0) is 31.5 Å². The van der Waals surface area contributed by atoms with Gasteiger partial charge in [-0.25, -0.2) is 8.78 Å². The molecule has 1 heterocycles. The molecule has 29 heavy (non-hydrogen) atoms. The Hall–Kier alpha value is -2.83. The zero-order chi connectivity index (χ0) is 22.1. The average Bonchev–Trinajstić information content (AvgIpc) is 2.58. The minimum Gasteiger partial charge on any atom is -0.362 e. The molecule has 0 bridgehead atoms. The van der Waals surface area contributed by atoms with Crippen molar-refractivity contribution in [1.82, 2.24) is 10.2 Å². The third kappa shape index (κ3) is 4.44. The first kappa shape index (κ1) is 22.5. The van der Waals surface area contributed by atoms with Crippen LogP contribution in [0.5, 0.6) is 0 Å². The van der Waals surface area contributed by atoms with Crippen LogP contribution in [-0.4, -0.2) is 18.1 Å². The fraction of sp³-hybridized carbons (Fsp3) is 0.273. The molecule has 2 nitrogen and oxygen atoms in total. The summed E-state index contributed by atoms with van der Waals surface area (Å²) in [5.41, 5.74) is -0.674. The second kappa shape index (κ2) is 7.89. The minimum absolute atomic E-state index is 0.284. The number of hydrogen-bond acceptors (Lipinski definition) is 2. The summed E-state index contributed by atoms with van der Waals surface area (Å²) in [5, 5.41) is 3.14. The number of nitrogens with zero attached hydrogens (tertiary/aromatic N) is 1. The molecule has 1 N–H and O–H groups in total. The van der Waals surface area contributed by atoms with Gasteiger partial charge in [-0.3, -0.25) is 0 Å². The summed E-state index contributed by atoms with van der Waals surface area (Å²) in [6, 6.07) is 3.12. The van der Waals surface area contributed by atoms with Crippen LogP contribution >= 0.6 is 0 Å². The Morgan fingerprint density at radius 2 is 1.69 bits per heavy atom. The highest BCUT2D eigenvalue weighted by atomic mass is 19.4. The van der Waals surface area contributed by atoms with Gasteiger partial charge in [0.1, 0.15) is 11.6 Å². The summed E-state index contributed by atoms with van der Waals surface area (Å²) in [4.78, 5) is 1.65. The molecular weight excluding hydrogens is 387 g/mol. The Balaban J connectivity index is 2.64. The highest BCUT2D eigenvalue weighted by Gasteiger charge is 2.44. The van der Waals surface area contributed by atoms with E-state index in [1.807, 2.05) is 0 Å². The molecule has 7 heteroatoms. The monoisotopic (exact) mass is 410 g/mol. The Kier molecular flexibility index (Phi) is 6.11. The Morgan fingerprint density at radius 1 is 1.14 bits per heavy atom. The normalized spacial score (nSPS) is 23.9. The highest BCUT2D eigenvalue weighted by Crippen LogP contribution is 2.44. The number of hydrogen-bond donors (Lipinski definition) is 1. The van der Waals surface area contributed by atoms with Crippen LogP contribution in [0.15, 0.2) is 78.8 Å². The molecule has 1 aromatic carbocycles. The van der Waals surface area contributed by atoms with E-state index in [0.29, 0.717) is 17.1 Å².